The molecule has 2 rings (SSSR count). The van der Waals surface area contributed by atoms with E-state index in [9.17, 15) is 13.2 Å². The third kappa shape index (κ3) is 3.30. The van der Waals surface area contributed by atoms with Crippen LogP contribution in [0.25, 0.3) is 0 Å². The number of rotatable bonds is 5. The molecule has 0 aliphatic heterocycles. The first-order valence-corrected chi connectivity index (χ1v) is 8.29. The number of carbonyl (C=O) groups is 1. The topological polar surface area (TPSA) is 95.1 Å². The molecule has 0 saturated carbocycles. The number of primary amides is 1. The molecule has 1 unspecified atom stereocenters. The standard InChI is InChI=1S/C14H17N3O3S/c1-10(14(15)18)17-8-7-16-13(17)9-11-5-3-4-6-12(11)21(2,19)20/h3-8,10H,9H2,1-2H3,(H2,15,18). The molecule has 1 atom stereocenters. The van der Waals surface area contributed by atoms with E-state index in [1.807, 2.05) is 0 Å². The van der Waals surface area contributed by atoms with Crippen LogP contribution in [0.3, 0.4) is 0 Å². The fourth-order valence-corrected chi connectivity index (χ4v) is 3.09. The highest BCUT2D eigenvalue weighted by Gasteiger charge is 2.18. The van der Waals surface area contributed by atoms with Crippen LogP contribution in [-0.4, -0.2) is 30.1 Å². The molecule has 0 saturated heterocycles. The molecule has 112 valence electrons. The van der Waals surface area contributed by atoms with Gasteiger partial charge in [-0.2, -0.15) is 0 Å². The molecule has 0 radical (unpaired) electrons. The Morgan fingerprint density at radius 2 is 2.05 bits per heavy atom. The summed E-state index contributed by atoms with van der Waals surface area (Å²) in [6.07, 6.45) is 4.71. The monoisotopic (exact) mass is 307 g/mol. The lowest BCUT2D eigenvalue weighted by atomic mass is 10.1. The fourth-order valence-electron chi connectivity index (χ4n) is 2.15. The Bertz CT molecular complexity index is 765. The largest absolute Gasteiger partial charge is 0.368 e. The van der Waals surface area contributed by atoms with E-state index in [0.717, 1.165) is 0 Å². The van der Waals surface area contributed by atoms with Gasteiger partial charge in [0.1, 0.15) is 11.9 Å². The molecule has 7 heteroatoms. The molecular weight excluding hydrogens is 290 g/mol. The van der Waals surface area contributed by atoms with Crippen LogP contribution in [-0.2, 0) is 21.1 Å². The van der Waals surface area contributed by atoms with Crippen molar-refractivity contribution in [1.29, 1.82) is 0 Å². The van der Waals surface area contributed by atoms with Crippen molar-refractivity contribution < 1.29 is 13.2 Å². The van der Waals surface area contributed by atoms with Gasteiger partial charge in [-0.05, 0) is 18.6 Å². The van der Waals surface area contributed by atoms with Crippen molar-refractivity contribution in [1.82, 2.24) is 9.55 Å². The van der Waals surface area contributed by atoms with Crippen LogP contribution in [0, 0.1) is 0 Å². The Morgan fingerprint density at radius 3 is 2.67 bits per heavy atom. The van der Waals surface area contributed by atoms with E-state index in [1.54, 1.807) is 48.1 Å². The van der Waals surface area contributed by atoms with Crippen LogP contribution in [0.2, 0.25) is 0 Å². The SMILES string of the molecule is CC(C(N)=O)n1ccnc1Cc1ccccc1S(C)(=O)=O. The highest BCUT2D eigenvalue weighted by atomic mass is 32.2. The van der Waals surface area contributed by atoms with Crippen LogP contribution in [0.1, 0.15) is 24.4 Å². The summed E-state index contributed by atoms with van der Waals surface area (Å²) in [6, 6.07) is 6.22. The first kappa shape index (κ1) is 15.2. The molecule has 0 aliphatic carbocycles. The van der Waals surface area contributed by atoms with Gasteiger partial charge in [-0.15, -0.1) is 0 Å². The molecule has 0 spiro atoms. The van der Waals surface area contributed by atoms with E-state index in [2.05, 4.69) is 4.98 Å². The summed E-state index contributed by atoms with van der Waals surface area (Å²) in [6.45, 7) is 1.68. The minimum atomic E-state index is -3.31. The number of sulfone groups is 1. The highest BCUT2D eigenvalue weighted by molar-refractivity contribution is 7.90. The summed E-state index contributed by atoms with van der Waals surface area (Å²) in [5, 5.41) is 0. The maximum absolute atomic E-state index is 11.8. The fraction of sp³-hybridized carbons (Fsp3) is 0.286. The van der Waals surface area contributed by atoms with Crippen molar-refractivity contribution in [3.05, 3.63) is 48.0 Å². The first-order valence-electron chi connectivity index (χ1n) is 6.39. The smallest absolute Gasteiger partial charge is 0.240 e. The molecule has 0 aliphatic rings. The second-order valence-corrected chi connectivity index (χ2v) is 6.87. The van der Waals surface area contributed by atoms with Gasteiger partial charge in [0.25, 0.3) is 0 Å². The molecule has 6 nitrogen and oxygen atoms in total. The van der Waals surface area contributed by atoms with Gasteiger partial charge >= 0.3 is 0 Å². The van der Waals surface area contributed by atoms with E-state index < -0.39 is 21.8 Å². The highest BCUT2D eigenvalue weighted by Crippen LogP contribution is 2.20. The summed E-state index contributed by atoms with van der Waals surface area (Å²) >= 11 is 0. The zero-order valence-corrected chi connectivity index (χ0v) is 12.7. The molecule has 0 bridgehead atoms. The van der Waals surface area contributed by atoms with Crippen molar-refractivity contribution in [3.63, 3.8) is 0 Å². The molecule has 1 aromatic heterocycles. The Balaban J connectivity index is 2.41. The Kier molecular flexibility index (Phi) is 4.13. The predicted octanol–water partition coefficient (Wildman–Crippen LogP) is 0.924. The van der Waals surface area contributed by atoms with Crippen LogP contribution in [0.5, 0.6) is 0 Å². The number of hydrogen-bond acceptors (Lipinski definition) is 4. The normalized spacial score (nSPS) is 13.0. The number of nitrogens with zero attached hydrogens (tertiary/aromatic N) is 2. The van der Waals surface area contributed by atoms with E-state index >= 15 is 0 Å². The second kappa shape index (κ2) is 5.69. The third-order valence-electron chi connectivity index (χ3n) is 3.30. The maximum atomic E-state index is 11.8. The van der Waals surface area contributed by atoms with Gasteiger partial charge in [0.2, 0.25) is 5.91 Å². The number of carbonyl (C=O) groups excluding carboxylic acids is 1. The Labute approximate surface area is 123 Å². The summed E-state index contributed by atoms with van der Waals surface area (Å²) in [5.74, 6) is 0.128. The molecule has 1 aromatic carbocycles. The first-order chi connectivity index (χ1) is 9.80. The van der Waals surface area contributed by atoms with Crippen molar-refractivity contribution in [2.45, 2.75) is 24.3 Å². The van der Waals surface area contributed by atoms with E-state index in [1.165, 1.54) is 6.26 Å². The summed E-state index contributed by atoms with van der Waals surface area (Å²) < 4.78 is 25.3. The molecule has 2 aromatic rings. The number of amides is 1. The number of imidazole rings is 1. The van der Waals surface area contributed by atoms with Crippen LogP contribution in [0.15, 0.2) is 41.6 Å². The van der Waals surface area contributed by atoms with Gasteiger partial charge in [-0.3, -0.25) is 4.79 Å². The molecule has 1 amide bonds. The van der Waals surface area contributed by atoms with Gasteiger partial charge in [-0.1, -0.05) is 18.2 Å². The molecule has 1 heterocycles. The van der Waals surface area contributed by atoms with Crippen molar-refractivity contribution in [3.8, 4) is 0 Å². The van der Waals surface area contributed by atoms with Gasteiger partial charge in [0, 0.05) is 25.1 Å². The maximum Gasteiger partial charge on any atom is 0.240 e. The van der Waals surface area contributed by atoms with Crippen LogP contribution in [0.4, 0.5) is 0 Å². The average molecular weight is 307 g/mol. The van der Waals surface area contributed by atoms with Crippen LogP contribution < -0.4 is 5.73 Å². The molecular formula is C14H17N3O3S. The number of hydrogen-bond donors (Lipinski definition) is 1. The predicted molar refractivity (Wildman–Crippen MR) is 78.5 cm³/mol. The molecule has 21 heavy (non-hydrogen) atoms. The van der Waals surface area contributed by atoms with Gasteiger partial charge in [-0.25, -0.2) is 13.4 Å². The van der Waals surface area contributed by atoms with E-state index in [0.29, 0.717) is 17.8 Å². The average Bonchev–Trinajstić information content (AvgIpc) is 2.85. The van der Waals surface area contributed by atoms with E-state index in [4.69, 9.17) is 5.73 Å². The lowest BCUT2D eigenvalue weighted by molar-refractivity contribution is -0.120. The van der Waals surface area contributed by atoms with E-state index in [-0.39, 0.29) is 4.90 Å². The van der Waals surface area contributed by atoms with Gasteiger partial charge in [0.05, 0.1) is 4.90 Å². The summed E-state index contributed by atoms with van der Waals surface area (Å²) in [5.41, 5.74) is 5.95. The van der Waals surface area contributed by atoms with Crippen molar-refractivity contribution >= 4 is 15.7 Å². The number of aromatic nitrogens is 2. The van der Waals surface area contributed by atoms with Gasteiger partial charge < -0.3 is 10.3 Å². The Morgan fingerprint density at radius 1 is 1.38 bits per heavy atom. The summed E-state index contributed by atoms with van der Waals surface area (Å²) in [4.78, 5) is 15.8. The number of benzene rings is 1. The second-order valence-electron chi connectivity index (χ2n) is 4.89. The Hall–Kier alpha value is -2.15. The quantitative estimate of drug-likeness (QED) is 0.888. The lowest BCUT2D eigenvalue weighted by Gasteiger charge is -2.14. The van der Waals surface area contributed by atoms with Gasteiger partial charge in [0.15, 0.2) is 9.84 Å². The third-order valence-corrected chi connectivity index (χ3v) is 4.50. The summed E-state index contributed by atoms with van der Waals surface area (Å²) in [7, 11) is -3.31. The zero-order valence-electron chi connectivity index (χ0n) is 11.9. The number of nitrogens with two attached hydrogens (primary N) is 1. The molecule has 2 N–H and O–H groups in total. The van der Waals surface area contributed by atoms with Crippen molar-refractivity contribution in [2.24, 2.45) is 5.73 Å². The van der Waals surface area contributed by atoms with Crippen LogP contribution >= 0.6 is 0 Å². The minimum absolute atomic E-state index is 0.270. The minimum Gasteiger partial charge on any atom is -0.368 e. The molecule has 0 fully saturated rings. The lowest BCUT2D eigenvalue weighted by Crippen LogP contribution is -2.25. The van der Waals surface area contributed by atoms with Crippen molar-refractivity contribution in [2.75, 3.05) is 6.26 Å². The zero-order chi connectivity index (χ0) is 15.6.